The Morgan fingerprint density at radius 1 is 1.03 bits per heavy atom. The molecule has 1 aliphatic rings. The average molecular weight is 535 g/mol. The first-order chi connectivity index (χ1) is 16.9. The molecule has 0 amide bonds. The van der Waals surface area contributed by atoms with Crippen LogP contribution in [0.4, 0.5) is 0 Å². The van der Waals surface area contributed by atoms with E-state index in [1.165, 1.54) is 21.3 Å². The molecule has 0 spiro atoms. The summed E-state index contributed by atoms with van der Waals surface area (Å²) in [7, 11) is 4.08. The number of cyclic esters (lactones) is 1. The van der Waals surface area contributed by atoms with Gasteiger partial charge in [-0.25, -0.2) is 0 Å². The topological polar surface area (TPSA) is 100 Å². The molecule has 10 nitrogen and oxygen atoms in total. The Balaban J connectivity index is 3.13. The largest absolute Gasteiger partial charge is 0.446 e. The summed E-state index contributed by atoms with van der Waals surface area (Å²) >= 11 is 0. The van der Waals surface area contributed by atoms with Crippen molar-refractivity contribution in [1.82, 2.24) is 0 Å². The lowest BCUT2D eigenvalue weighted by Gasteiger charge is -2.40. The Morgan fingerprint density at radius 2 is 1.64 bits per heavy atom. The highest BCUT2D eigenvalue weighted by Crippen LogP contribution is 2.38. The van der Waals surface area contributed by atoms with Gasteiger partial charge in [0.05, 0.1) is 24.7 Å². The van der Waals surface area contributed by atoms with Gasteiger partial charge < -0.3 is 42.3 Å². The summed E-state index contributed by atoms with van der Waals surface area (Å²) in [5.41, 5.74) is 0. The fourth-order valence-corrected chi connectivity index (χ4v) is 4.81. The van der Waals surface area contributed by atoms with Crippen LogP contribution in [-0.2, 0) is 47.1 Å². The van der Waals surface area contributed by atoms with E-state index in [0.717, 1.165) is 0 Å². The molecule has 0 radical (unpaired) electrons. The SMILES string of the molecule is COCO[C@@H]1[C@H](C#C[C@H](C[C@@H](OCOC)[C@H](C)O[Si](C)(C)C(C)(C)C)OCOC)OC(=O)C[C@H]1OC. The monoisotopic (exact) mass is 534 g/mol. The van der Waals surface area contributed by atoms with E-state index in [1.807, 2.05) is 6.92 Å². The lowest BCUT2D eigenvalue weighted by molar-refractivity contribution is -0.195. The van der Waals surface area contributed by atoms with Crippen molar-refractivity contribution in [1.29, 1.82) is 0 Å². The van der Waals surface area contributed by atoms with Gasteiger partial charge in [-0.1, -0.05) is 32.6 Å². The van der Waals surface area contributed by atoms with Crippen LogP contribution in [0.3, 0.4) is 0 Å². The maximum atomic E-state index is 12.1. The van der Waals surface area contributed by atoms with E-state index in [-0.39, 0.29) is 44.0 Å². The molecule has 1 aliphatic heterocycles. The number of esters is 1. The summed E-state index contributed by atoms with van der Waals surface area (Å²) in [6.45, 7) is 13.1. The maximum Gasteiger partial charge on any atom is 0.309 e. The van der Waals surface area contributed by atoms with Crippen molar-refractivity contribution < 1.29 is 47.1 Å². The predicted octanol–water partition coefficient (Wildman–Crippen LogP) is 3.09. The zero-order chi connectivity index (χ0) is 27.4. The Hall–Kier alpha value is -1.07. The number of methoxy groups -OCH3 is 4. The number of rotatable bonds is 15. The molecule has 1 rings (SSSR count). The fraction of sp³-hybridized carbons (Fsp3) is 0.880. The fourth-order valence-electron chi connectivity index (χ4n) is 3.38. The first-order valence-electron chi connectivity index (χ1n) is 12.1. The van der Waals surface area contributed by atoms with Crippen LogP contribution in [0.1, 0.15) is 40.5 Å². The van der Waals surface area contributed by atoms with Crippen molar-refractivity contribution in [3.8, 4) is 11.8 Å². The van der Waals surface area contributed by atoms with Gasteiger partial charge in [0, 0.05) is 34.9 Å². The molecule has 0 aromatic rings. The summed E-state index contributed by atoms with van der Waals surface area (Å²) in [5.74, 6) is 5.67. The van der Waals surface area contributed by atoms with E-state index in [1.54, 1.807) is 7.11 Å². The van der Waals surface area contributed by atoms with E-state index in [2.05, 4.69) is 45.7 Å². The summed E-state index contributed by atoms with van der Waals surface area (Å²) in [6.07, 6.45) is -2.70. The van der Waals surface area contributed by atoms with Crippen LogP contribution in [0.5, 0.6) is 0 Å². The zero-order valence-corrected chi connectivity index (χ0v) is 24.6. The van der Waals surface area contributed by atoms with Crippen molar-refractivity contribution >= 4 is 14.3 Å². The van der Waals surface area contributed by atoms with Crippen LogP contribution in [0.25, 0.3) is 0 Å². The van der Waals surface area contributed by atoms with E-state index < -0.39 is 38.7 Å². The van der Waals surface area contributed by atoms with Crippen molar-refractivity contribution in [3.63, 3.8) is 0 Å². The lowest BCUT2D eigenvalue weighted by Crippen LogP contribution is -2.49. The highest BCUT2D eigenvalue weighted by Gasteiger charge is 2.41. The second kappa shape index (κ2) is 16.0. The molecule has 36 heavy (non-hydrogen) atoms. The van der Waals surface area contributed by atoms with Gasteiger partial charge in [-0.3, -0.25) is 4.79 Å². The minimum atomic E-state index is -2.06. The molecule has 1 heterocycles. The van der Waals surface area contributed by atoms with Crippen molar-refractivity contribution in [2.45, 2.75) is 95.3 Å². The minimum absolute atomic E-state index is 0.0130. The van der Waals surface area contributed by atoms with Crippen LogP contribution < -0.4 is 0 Å². The molecule has 0 bridgehead atoms. The predicted molar refractivity (Wildman–Crippen MR) is 136 cm³/mol. The van der Waals surface area contributed by atoms with E-state index in [9.17, 15) is 4.79 Å². The third-order valence-electron chi connectivity index (χ3n) is 6.40. The molecule has 6 atom stereocenters. The maximum absolute atomic E-state index is 12.1. The van der Waals surface area contributed by atoms with E-state index in [0.29, 0.717) is 6.42 Å². The number of carbonyl (C=O) groups is 1. The molecule has 0 aromatic heterocycles. The van der Waals surface area contributed by atoms with Crippen LogP contribution in [-0.4, -0.2) is 99.7 Å². The third-order valence-corrected chi connectivity index (χ3v) is 11.0. The first-order valence-corrected chi connectivity index (χ1v) is 15.0. The summed E-state index contributed by atoms with van der Waals surface area (Å²) in [4.78, 5) is 12.1. The van der Waals surface area contributed by atoms with Gasteiger partial charge in [0.1, 0.15) is 32.6 Å². The molecule has 1 fully saturated rings. The normalized spacial score (nSPS) is 23.4. The molecule has 0 unspecified atom stereocenters. The van der Waals surface area contributed by atoms with Gasteiger partial charge in [-0.15, -0.1) is 0 Å². The molecule has 11 heteroatoms. The molecule has 0 aromatic carbocycles. The van der Waals surface area contributed by atoms with Gasteiger partial charge in [0.25, 0.3) is 0 Å². The second-order valence-electron chi connectivity index (χ2n) is 10.2. The van der Waals surface area contributed by atoms with Crippen LogP contribution in [0.2, 0.25) is 18.1 Å². The standard InChI is InChI=1S/C25H46O10Si/c1-18(35-36(9,10)25(2,3)4)21(32-16-28-6)13-19(31-15-27-5)11-12-20-24(33-17-29-7)22(30-8)14-23(26)34-20/h18-22,24H,13-17H2,1-10H3/t18-,19+,20-,21+,22+,24+/m0/s1. The number of carbonyl (C=O) groups excluding carboxylic acids is 1. The smallest absolute Gasteiger partial charge is 0.309 e. The Bertz CT molecular complexity index is 699. The molecule has 0 aliphatic carbocycles. The van der Waals surface area contributed by atoms with Crippen LogP contribution in [0, 0.1) is 11.8 Å². The minimum Gasteiger partial charge on any atom is -0.446 e. The lowest BCUT2D eigenvalue weighted by atomic mass is 10.0. The zero-order valence-electron chi connectivity index (χ0n) is 23.6. The van der Waals surface area contributed by atoms with Gasteiger partial charge >= 0.3 is 5.97 Å². The van der Waals surface area contributed by atoms with Gasteiger partial charge in [-0.05, 0) is 25.1 Å². The Labute approximate surface area is 217 Å². The third kappa shape index (κ3) is 10.7. The molecule has 1 saturated heterocycles. The van der Waals surface area contributed by atoms with Crippen LogP contribution >= 0.6 is 0 Å². The number of hydrogen-bond acceptors (Lipinski definition) is 10. The molecule has 0 N–H and O–H groups in total. The van der Waals surface area contributed by atoms with E-state index >= 15 is 0 Å². The summed E-state index contributed by atoms with van der Waals surface area (Å²) in [5, 5.41) is 0.0405. The average Bonchev–Trinajstić information content (AvgIpc) is 2.80. The van der Waals surface area contributed by atoms with Gasteiger partial charge in [0.15, 0.2) is 14.4 Å². The molecular formula is C25H46O10Si. The van der Waals surface area contributed by atoms with Gasteiger partial charge in [0.2, 0.25) is 0 Å². The Kier molecular flexibility index (Phi) is 14.7. The van der Waals surface area contributed by atoms with E-state index in [4.69, 9.17) is 42.3 Å². The van der Waals surface area contributed by atoms with Crippen LogP contribution in [0.15, 0.2) is 0 Å². The first kappa shape index (κ1) is 33.0. The highest BCUT2D eigenvalue weighted by atomic mass is 28.4. The summed E-state index contributed by atoms with van der Waals surface area (Å²) < 4.78 is 50.3. The molecular weight excluding hydrogens is 488 g/mol. The number of hydrogen-bond donors (Lipinski definition) is 0. The second-order valence-corrected chi connectivity index (χ2v) is 15.0. The summed E-state index contributed by atoms with van der Waals surface area (Å²) in [6, 6.07) is 0. The van der Waals surface area contributed by atoms with Crippen molar-refractivity contribution in [2.75, 3.05) is 48.8 Å². The van der Waals surface area contributed by atoms with Crippen molar-refractivity contribution in [3.05, 3.63) is 0 Å². The quantitative estimate of drug-likeness (QED) is 0.135. The van der Waals surface area contributed by atoms with Crippen molar-refractivity contribution in [2.24, 2.45) is 0 Å². The Morgan fingerprint density at radius 3 is 2.19 bits per heavy atom. The molecule has 210 valence electrons. The number of ether oxygens (including phenoxy) is 8. The van der Waals surface area contributed by atoms with Gasteiger partial charge in [-0.2, -0.15) is 0 Å². The molecule has 0 saturated carbocycles. The highest BCUT2D eigenvalue weighted by molar-refractivity contribution is 6.74.